The minimum atomic E-state index is -2.17. The number of rotatable bonds is 6. The van der Waals surface area contributed by atoms with Crippen molar-refractivity contribution in [2.75, 3.05) is 13.7 Å². The maximum Gasteiger partial charge on any atom is 0.328 e. The number of nitrogens with zero attached hydrogens (tertiary/aromatic N) is 4. The fourth-order valence-corrected chi connectivity index (χ4v) is 5.47. The quantitative estimate of drug-likeness (QED) is 0.141. The molecular weight excluding hydrogens is 312 g/mol. The van der Waals surface area contributed by atoms with Crippen LogP contribution < -0.4 is 0 Å². The molecule has 2 atom stereocenters. The summed E-state index contributed by atoms with van der Waals surface area (Å²) < 4.78 is 6.77. The largest absolute Gasteiger partial charge is 0.467 e. The number of esters is 1. The van der Waals surface area contributed by atoms with E-state index < -0.39 is 19.7 Å². The number of azide groups is 1. The standard InChI is InChI=1S/C15H28N4O3Si/c1-14(2,3)23(6,7)19-11(12(20)22-5)15(4,13(19)21)9-8-10-17-18-16/h11H,8-10H2,1-7H3/t11?,15-/m1/s1. The Morgan fingerprint density at radius 3 is 2.48 bits per heavy atom. The number of carbonyl (C=O) groups excluding carboxylic acids is 2. The summed E-state index contributed by atoms with van der Waals surface area (Å²) in [5, 5.41) is 3.45. The average molecular weight is 341 g/mol. The van der Waals surface area contributed by atoms with Crippen molar-refractivity contribution in [3.8, 4) is 0 Å². The van der Waals surface area contributed by atoms with Crippen molar-refractivity contribution in [3.63, 3.8) is 0 Å². The molecule has 1 aliphatic heterocycles. The van der Waals surface area contributed by atoms with E-state index >= 15 is 0 Å². The van der Waals surface area contributed by atoms with Gasteiger partial charge in [0.1, 0.15) is 6.04 Å². The summed E-state index contributed by atoms with van der Waals surface area (Å²) in [6.07, 6.45) is 1.08. The van der Waals surface area contributed by atoms with E-state index in [-0.39, 0.29) is 16.9 Å². The van der Waals surface area contributed by atoms with Gasteiger partial charge in [-0.25, -0.2) is 4.79 Å². The summed E-state index contributed by atoms with van der Waals surface area (Å²) in [5.74, 6) is -0.346. The van der Waals surface area contributed by atoms with Gasteiger partial charge in [-0.2, -0.15) is 0 Å². The minimum absolute atomic E-state index is 0.0143. The number of carbonyl (C=O) groups is 2. The molecule has 8 heteroatoms. The van der Waals surface area contributed by atoms with E-state index in [1.807, 2.05) is 6.92 Å². The first-order valence-corrected chi connectivity index (χ1v) is 10.8. The number of methoxy groups -OCH3 is 1. The van der Waals surface area contributed by atoms with Crippen molar-refractivity contribution in [2.24, 2.45) is 10.5 Å². The number of hydrogen-bond acceptors (Lipinski definition) is 4. The molecule has 1 unspecified atom stereocenters. The van der Waals surface area contributed by atoms with Crippen LogP contribution in [0.1, 0.15) is 40.5 Å². The third-order valence-electron chi connectivity index (χ3n) is 5.45. The van der Waals surface area contributed by atoms with Crippen LogP contribution >= 0.6 is 0 Å². The molecule has 1 heterocycles. The molecule has 0 aromatic carbocycles. The highest BCUT2D eigenvalue weighted by molar-refractivity contribution is 6.80. The SMILES string of the molecule is COC(=O)C1N([Si](C)(C)C(C)(C)C)C(=O)[C@]1(C)CCCN=[N+]=[N-]. The molecule has 1 rings (SSSR count). The van der Waals surface area contributed by atoms with Crippen molar-refractivity contribution < 1.29 is 14.3 Å². The fraction of sp³-hybridized carbons (Fsp3) is 0.867. The van der Waals surface area contributed by atoms with Gasteiger partial charge in [-0.3, -0.25) is 4.79 Å². The first kappa shape index (κ1) is 19.5. The van der Waals surface area contributed by atoms with Crippen molar-refractivity contribution in [1.82, 2.24) is 4.57 Å². The molecule has 0 saturated carbocycles. The normalized spacial score (nSPS) is 24.7. The van der Waals surface area contributed by atoms with Crippen LogP contribution in [0.4, 0.5) is 0 Å². The van der Waals surface area contributed by atoms with E-state index in [4.69, 9.17) is 10.3 Å². The van der Waals surface area contributed by atoms with Gasteiger partial charge in [0.05, 0.1) is 12.5 Å². The first-order chi connectivity index (χ1) is 10.4. The zero-order valence-electron chi connectivity index (χ0n) is 15.2. The molecule has 0 N–H and O–H groups in total. The molecule has 1 saturated heterocycles. The second-order valence-electron chi connectivity index (χ2n) is 7.89. The van der Waals surface area contributed by atoms with Crippen LogP contribution in [0, 0.1) is 5.41 Å². The number of hydrogen-bond donors (Lipinski definition) is 0. The van der Waals surface area contributed by atoms with Gasteiger partial charge >= 0.3 is 5.97 Å². The highest BCUT2D eigenvalue weighted by Crippen LogP contribution is 2.51. The molecule has 23 heavy (non-hydrogen) atoms. The Balaban J connectivity index is 3.10. The maximum atomic E-state index is 12.9. The van der Waals surface area contributed by atoms with Crippen molar-refractivity contribution >= 4 is 20.1 Å². The molecule has 7 nitrogen and oxygen atoms in total. The third kappa shape index (κ3) is 3.23. The van der Waals surface area contributed by atoms with E-state index in [0.29, 0.717) is 19.4 Å². The van der Waals surface area contributed by atoms with Crippen molar-refractivity contribution in [2.45, 2.75) is 64.7 Å². The summed E-state index contributed by atoms with van der Waals surface area (Å²) in [4.78, 5) is 28.0. The number of ether oxygens (including phenoxy) is 1. The van der Waals surface area contributed by atoms with Gasteiger partial charge in [0.2, 0.25) is 5.91 Å². The van der Waals surface area contributed by atoms with E-state index in [0.717, 1.165) is 0 Å². The van der Waals surface area contributed by atoms with Gasteiger partial charge in [0.15, 0.2) is 8.24 Å². The molecule has 130 valence electrons. The Bertz CT molecular complexity index is 537. The summed E-state index contributed by atoms with van der Waals surface area (Å²) >= 11 is 0. The highest BCUT2D eigenvalue weighted by atomic mass is 28.3. The Morgan fingerprint density at radius 1 is 1.48 bits per heavy atom. The lowest BCUT2D eigenvalue weighted by molar-refractivity contribution is -0.177. The van der Waals surface area contributed by atoms with Crippen LogP contribution in [0.25, 0.3) is 10.4 Å². The molecule has 1 aliphatic rings. The molecule has 1 fully saturated rings. The predicted molar refractivity (Wildman–Crippen MR) is 91.2 cm³/mol. The number of amides is 1. The molecule has 0 radical (unpaired) electrons. The second-order valence-corrected chi connectivity index (χ2v) is 13.0. The second kappa shape index (κ2) is 6.53. The molecule has 0 bridgehead atoms. The van der Waals surface area contributed by atoms with Gasteiger partial charge in [0, 0.05) is 11.5 Å². The van der Waals surface area contributed by atoms with E-state index in [9.17, 15) is 9.59 Å². The Kier molecular flexibility index (Phi) is 5.54. The van der Waals surface area contributed by atoms with E-state index in [1.54, 1.807) is 4.57 Å². The van der Waals surface area contributed by atoms with Gasteiger partial charge in [-0.1, -0.05) is 39.0 Å². The van der Waals surface area contributed by atoms with E-state index in [1.165, 1.54) is 7.11 Å². The summed E-state index contributed by atoms with van der Waals surface area (Å²) in [6, 6.07) is -0.549. The zero-order chi connectivity index (χ0) is 18.1. The molecular formula is C15H28N4O3Si. The lowest BCUT2D eigenvalue weighted by atomic mass is 9.71. The van der Waals surface area contributed by atoms with Gasteiger partial charge in [-0.05, 0) is 30.3 Å². The van der Waals surface area contributed by atoms with E-state index in [2.05, 4.69) is 43.9 Å². The molecule has 0 aromatic rings. The predicted octanol–water partition coefficient (Wildman–Crippen LogP) is 3.47. The lowest BCUT2D eigenvalue weighted by Crippen LogP contribution is -2.79. The molecule has 0 spiro atoms. The number of β-lactam (4-membered cyclic amide) rings is 1. The van der Waals surface area contributed by atoms with Gasteiger partial charge in [-0.15, -0.1) is 0 Å². The molecule has 0 aromatic heterocycles. The van der Waals surface area contributed by atoms with Crippen LogP contribution in [0.5, 0.6) is 0 Å². The summed E-state index contributed by atoms with van der Waals surface area (Å²) in [7, 11) is -0.812. The summed E-state index contributed by atoms with van der Waals surface area (Å²) in [5.41, 5.74) is 7.58. The molecule has 1 amide bonds. The fourth-order valence-electron chi connectivity index (χ4n) is 2.95. The van der Waals surface area contributed by atoms with Gasteiger partial charge < -0.3 is 9.30 Å². The highest BCUT2D eigenvalue weighted by Gasteiger charge is 2.66. The van der Waals surface area contributed by atoms with Crippen molar-refractivity contribution in [3.05, 3.63) is 10.4 Å². The topological polar surface area (TPSA) is 95.4 Å². The first-order valence-electron chi connectivity index (χ1n) is 7.87. The van der Waals surface area contributed by atoms with Crippen LogP contribution in [0.2, 0.25) is 18.1 Å². The monoisotopic (exact) mass is 340 g/mol. The summed E-state index contributed by atoms with van der Waals surface area (Å²) in [6.45, 7) is 12.7. The van der Waals surface area contributed by atoms with Crippen molar-refractivity contribution in [1.29, 1.82) is 0 Å². The Morgan fingerprint density at radius 2 is 2.04 bits per heavy atom. The van der Waals surface area contributed by atoms with Gasteiger partial charge in [0.25, 0.3) is 0 Å². The molecule has 0 aliphatic carbocycles. The Hall–Kier alpha value is -1.53. The minimum Gasteiger partial charge on any atom is -0.467 e. The van der Waals surface area contributed by atoms with Crippen LogP contribution in [0.15, 0.2) is 5.11 Å². The average Bonchev–Trinajstić information content (AvgIpc) is 2.46. The lowest BCUT2D eigenvalue weighted by Gasteiger charge is -2.61. The van der Waals surface area contributed by atoms with Crippen LogP contribution in [0.3, 0.4) is 0 Å². The Labute approximate surface area is 139 Å². The maximum absolute atomic E-state index is 12.9. The third-order valence-corrected chi connectivity index (χ3v) is 10.8. The zero-order valence-corrected chi connectivity index (χ0v) is 16.2. The van der Waals surface area contributed by atoms with Crippen LogP contribution in [-0.4, -0.2) is 44.4 Å². The smallest absolute Gasteiger partial charge is 0.328 e. The van der Waals surface area contributed by atoms with Crippen LogP contribution in [-0.2, 0) is 14.3 Å².